The monoisotopic (exact) mass is 1170 g/mol. The largest absolute Gasteiger partial charge is 0.456 e. The number of thiophene rings is 2. The minimum Gasteiger partial charge on any atom is -0.456 e. The highest BCUT2D eigenvalue weighted by Crippen LogP contribution is 2.52. The Bertz CT molecular complexity index is 5290. The summed E-state index contributed by atoms with van der Waals surface area (Å²) in [4.78, 5) is 4.89. The molecule has 0 radical (unpaired) electrons. The van der Waals surface area contributed by atoms with Gasteiger partial charge in [0.05, 0.1) is 11.4 Å². The Hall–Kier alpha value is -9.98. The lowest BCUT2D eigenvalue weighted by Gasteiger charge is -2.29. The third kappa shape index (κ3) is 8.53. The predicted octanol–water partition coefficient (Wildman–Crippen LogP) is 25.4. The SMILES string of the molecule is CC(C)(C)c1ccc(N(c2ccc3cc4c(cc3c2)oc2cc3oc5cc6cc(N(c7ccc(C(C)(C)C)cc7)c7ccc8c(sc9ccccc98)c7-c7ccccc7)ccc6cc5c3cc24)c2ccc3c(sc4ccccc43)c2-c2ccccc2)cc1. The van der Waals surface area contributed by atoms with E-state index in [2.05, 4.69) is 306 Å². The van der Waals surface area contributed by atoms with Gasteiger partial charge in [0.25, 0.3) is 0 Å². The highest BCUT2D eigenvalue weighted by atomic mass is 32.1. The molecule has 422 valence electrons. The molecule has 0 unspecified atom stereocenters. The molecule has 0 bridgehead atoms. The van der Waals surface area contributed by atoms with Crippen LogP contribution in [0.15, 0.2) is 264 Å². The van der Waals surface area contributed by atoms with Gasteiger partial charge in [0.15, 0.2) is 0 Å². The molecule has 0 fully saturated rings. The molecule has 0 atom stereocenters. The first-order valence-corrected chi connectivity index (χ1v) is 32.0. The van der Waals surface area contributed by atoms with Crippen LogP contribution in [0.4, 0.5) is 34.1 Å². The minimum absolute atomic E-state index is 0.0142. The number of anilines is 6. The average Bonchev–Trinajstić information content (AvgIpc) is 1.86. The summed E-state index contributed by atoms with van der Waals surface area (Å²) >= 11 is 3.74. The summed E-state index contributed by atoms with van der Waals surface area (Å²) in [5.74, 6) is 0. The molecule has 4 aromatic heterocycles. The predicted molar refractivity (Wildman–Crippen MR) is 379 cm³/mol. The van der Waals surface area contributed by atoms with Crippen LogP contribution >= 0.6 is 22.7 Å². The number of rotatable bonds is 8. The van der Waals surface area contributed by atoms with Crippen molar-refractivity contribution in [3.05, 3.63) is 266 Å². The smallest absolute Gasteiger partial charge is 0.139 e. The first kappa shape index (κ1) is 52.4. The van der Waals surface area contributed by atoms with Crippen molar-refractivity contribution in [3.8, 4) is 22.3 Å². The fourth-order valence-electron chi connectivity index (χ4n) is 13.6. The second-order valence-corrected chi connectivity index (χ2v) is 27.8. The number of hydrogen-bond acceptors (Lipinski definition) is 6. The molecule has 0 saturated carbocycles. The first-order valence-electron chi connectivity index (χ1n) is 30.4. The lowest BCUT2D eigenvalue weighted by Crippen LogP contribution is -2.13. The number of nitrogens with zero attached hydrogens (tertiary/aromatic N) is 2. The normalized spacial score (nSPS) is 12.4. The molecule has 0 aliphatic carbocycles. The van der Waals surface area contributed by atoms with Crippen molar-refractivity contribution in [1.29, 1.82) is 0 Å². The molecule has 17 aromatic rings. The van der Waals surface area contributed by atoms with Gasteiger partial charge in [-0.05, 0) is 158 Å². The topological polar surface area (TPSA) is 32.8 Å². The molecular formula is C82H60N2O2S2. The van der Waals surface area contributed by atoms with Gasteiger partial charge in [-0.1, -0.05) is 187 Å². The molecule has 88 heavy (non-hydrogen) atoms. The van der Waals surface area contributed by atoms with Gasteiger partial charge in [-0.25, -0.2) is 0 Å². The van der Waals surface area contributed by atoms with Crippen LogP contribution in [-0.2, 0) is 10.8 Å². The van der Waals surface area contributed by atoms with Crippen LogP contribution in [0.1, 0.15) is 52.7 Å². The molecule has 6 heteroatoms. The first-order chi connectivity index (χ1) is 42.8. The van der Waals surface area contributed by atoms with Crippen molar-refractivity contribution in [2.75, 3.05) is 9.80 Å². The quantitative estimate of drug-likeness (QED) is 0.152. The van der Waals surface area contributed by atoms with Crippen LogP contribution < -0.4 is 9.80 Å². The minimum atomic E-state index is 0.0142. The number of fused-ring (bicyclic) bond motifs is 14. The van der Waals surface area contributed by atoms with E-state index in [9.17, 15) is 0 Å². The molecule has 0 spiro atoms. The van der Waals surface area contributed by atoms with Crippen LogP contribution in [-0.4, -0.2) is 0 Å². The zero-order valence-electron chi connectivity index (χ0n) is 49.8. The van der Waals surface area contributed by atoms with Crippen molar-refractivity contribution < 1.29 is 8.83 Å². The Morgan fingerprint density at radius 2 is 0.659 bits per heavy atom. The summed E-state index contributed by atoms with van der Waals surface area (Å²) in [6.07, 6.45) is 0. The zero-order chi connectivity index (χ0) is 59.2. The highest BCUT2D eigenvalue weighted by molar-refractivity contribution is 7.26. The van der Waals surface area contributed by atoms with Crippen molar-refractivity contribution >= 4 is 163 Å². The summed E-state index contributed by atoms with van der Waals surface area (Å²) in [7, 11) is 0. The second-order valence-electron chi connectivity index (χ2n) is 25.7. The summed E-state index contributed by atoms with van der Waals surface area (Å²) in [5, 5.41) is 13.9. The maximum Gasteiger partial charge on any atom is 0.139 e. The molecule has 17 rings (SSSR count). The van der Waals surface area contributed by atoms with E-state index in [4.69, 9.17) is 8.83 Å². The van der Waals surface area contributed by atoms with Crippen molar-refractivity contribution in [3.63, 3.8) is 0 Å². The van der Waals surface area contributed by atoms with Crippen molar-refractivity contribution in [1.82, 2.24) is 0 Å². The molecule has 4 heterocycles. The molecule has 0 saturated heterocycles. The van der Waals surface area contributed by atoms with Gasteiger partial charge in [0.1, 0.15) is 22.3 Å². The van der Waals surface area contributed by atoms with E-state index in [1.165, 1.54) is 73.7 Å². The van der Waals surface area contributed by atoms with Crippen LogP contribution in [0.5, 0.6) is 0 Å². The summed E-state index contributed by atoms with van der Waals surface area (Å²) in [6.45, 7) is 13.7. The molecule has 13 aromatic carbocycles. The van der Waals surface area contributed by atoms with E-state index in [0.717, 1.165) is 99.5 Å². The third-order valence-electron chi connectivity index (χ3n) is 18.1. The standard InChI is InChI=1S/C82H60N2O2S2/c1-81(2,3)55-27-33-57(34-28-55)83(69-39-37-63-61-21-13-15-23-75(61)87-79(63)77(69)49-17-9-7-10-18-49)59-31-25-51-43-65-67-47-68-66-44-52-26-32-60(42-54(52)46-72(66)86-74(68)48-73(67)85-71(65)45-53(51)41-59)84(58-35-29-56(30-36-58)82(4,5)6)70-40-38-64-62-22-14-16-24-76(62)88-80(64)78(70)50-19-11-8-12-20-50/h7-48H,1-6H3. The number of furan rings is 2. The third-order valence-corrected chi connectivity index (χ3v) is 20.5. The molecule has 4 nitrogen and oxygen atoms in total. The van der Waals surface area contributed by atoms with Gasteiger partial charge in [-0.3, -0.25) is 0 Å². The Balaban J connectivity index is 0.783. The number of benzene rings is 13. The van der Waals surface area contributed by atoms with E-state index in [1.54, 1.807) is 0 Å². The summed E-state index contributed by atoms with van der Waals surface area (Å²) in [6, 6.07) is 94.1. The van der Waals surface area contributed by atoms with E-state index in [-0.39, 0.29) is 10.8 Å². The molecular weight excluding hydrogens is 1110 g/mol. The maximum absolute atomic E-state index is 6.87. The van der Waals surface area contributed by atoms with Gasteiger partial charge in [0.2, 0.25) is 0 Å². The van der Waals surface area contributed by atoms with E-state index >= 15 is 0 Å². The molecule has 0 aliphatic rings. The van der Waals surface area contributed by atoms with Crippen molar-refractivity contribution in [2.24, 2.45) is 0 Å². The van der Waals surface area contributed by atoms with Gasteiger partial charge < -0.3 is 18.6 Å². The van der Waals surface area contributed by atoms with E-state index in [0.29, 0.717) is 0 Å². The van der Waals surface area contributed by atoms with Crippen LogP contribution in [0.25, 0.3) is 128 Å². The van der Waals surface area contributed by atoms with E-state index < -0.39 is 0 Å². The lowest BCUT2D eigenvalue weighted by atomic mass is 9.87. The molecule has 0 amide bonds. The Labute approximate surface area is 518 Å². The van der Waals surface area contributed by atoms with Gasteiger partial charge in [-0.15, -0.1) is 22.7 Å². The van der Waals surface area contributed by atoms with Gasteiger partial charge >= 0.3 is 0 Å². The Morgan fingerprint density at radius 3 is 1.08 bits per heavy atom. The second kappa shape index (κ2) is 19.8. The fourth-order valence-corrected chi connectivity index (χ4v) is 16.1. The average molecular weight is 1170 g/mol. The zero-order valence-corrected chi connectivity index (χ0v) is 51.4. The van der Waals surface area contributed by atoms with E-state index in [1.807, 2.05) is 22.7 Å². The fraction of sp³-hybridized carbons (Fsp3) is 0.0976. The molecule has 0 N–H and O–H groups in total. The Morgan fingerprint density at radius 1 is 0.284 bits per heavy atom. The maximum atomic E-state index is 6.87. The lowest BCUT2D eigenvalue weighted by molar-refractivity contribution is 0.590. The summed E-state index contributed by atoms with van der Waals surface area (Å²) in [5.41, 5.74) is 17.3. The highest BCUT2D eigenvalue weighted by Gasteiger charge is 2.26. The number of hydrogen-bond donors (Lipinski definition) is 0. The van der Waals surface area contributed by atoms with Crippen molar-refractivity contribution in [2.45, 2.75) is 52.4 Å². The van der Waals surface area contributed by atoms with Gasteiger partial charge in [-0.2, -0.15) is 0 Å². The van der Waals surface area contributed by atoms with Crippen LogP contribution in [0.2, 0.25) is 0 Å². The Kier molecular flexibility index (Phi) is 11.8. The summed E-state index contributed by atoms with van der Waals surface area (Å²) < 4.78 is 18.9. The van der Waals surface area contributed by atoms with Crippen LogP contribution in [0.3, 0.4) is 0 Å². The van der Waals surface area contributed by atoms with Crippen LogP contribution in [0, 0.1) is 0 Å². The molecule has 0 aliphatic heterocycles. The van der Waals surface area contributed by atoms with Gasteiger partial charge in [0, 0.05) is 102 Å².